The molecule has 2 aromatic rings. The van der Waals surface area contributed by atoms with E-state index in [1.165, 1.54) is 11.3 Å². The maximum Gasteiger partial charge on any atom is 0.235 e. The molecule has 0 saturated carbocycles. The van der Waals surface area contributed by atoms with Gasteiger partial charge in [0.05, 0.1) is 15.9 Å². The van der Waals surface area contributed by atoms with Gasteiger partial charge in [0, 0.05) is 5.56 Å². The first-order valence-electron chi connectivity index (χ1n) is 5.36. The van der Waals surface area contributed by atoms with Crippen LogP contribution in [0.1, 0.15) is 15.9 Å². The minimum absolute atomic E-state index is 0.185. The Labute approximate surface area is 127 Å². The largest absolute Gasteiger partial charge is 0.316 e. The number of halogens is 2. The van der Waals surface area contributed by atoms with Crippen molar-refractivity contribution in [1.29, 1.82) is 0 Å². The van der Waals surface area contributed by atoms with E-state index in [0.717, 1.165) is 0 Å². The summed E-state index contributed by atoms with van der Waals surface area (Å²) >= 11 is 10.4. The number of hydrogen-bond acceptors (Lipinski definition) is 3. The Balaban J connectivity index is 2.33. The van der Waals surface area contributed by atoms with Crippen molar-refractivity contribution in [3.63, 3.8) is 0 Å². The fourth-order valence-corrected chi connectivity index (χ4v) is 2.70. The zero-order valence-electron chi connectivity index (χ0n) is 9.65. The van der Waals surface area contributed by atoms with Crippen molar-refractivity contribution in [2.24, 2.45) is 0 Å². The molecule has 0 unspecified atom stereocenters. The fraction of sp³-hybridized carbons (Fsp3) is 0.0769. The molecule has 0 aliphatic heterocycles. The highest BCUT2D eigenvalue weighted by atomic mass is 79.9. The number of carbonyl (C=O) groups excluding carboxylic acids is 2. The molecular formula is C13H9BrClNO2S. The van der Waals surface area contributed by atoms with Gasteiger partial charge in [0.25, 0.3) is 0 Å². The Kier molecular flexibility index (Phi) is 4.74. The van der Waals surface area contributed by atoms with Gasteiger partial charge < -0.3 is 5.32 Å². The number of ketones is 1. The zero-order valence-corrected chi connectivity index (χ0v) is 12.8. The number of hydrogen-bond donors (Lipinski definition) is 1. The molecule has 6 heteroatoms. The highest BCUT2D eigenvalue weighted by Gasteiger charge is 2.18. The molecule has 0 fully saturated rings. The molecule has 0 aliphatic carbocycles. The van der Waals surface area contributed by atoms with Crippen molar-refractivity contribution in [2.75, 3.05) is 10.6 Å². The normalized spacial score (nSPS) is 10.2. The summed E-state index contributed by atoms with van der Waals surface area (Å²) in [6.07, 6.45) is 0. The van der Waals surface area contributed by atoms with E-state index in [4.69, 9.17) is 11.6 Å². The minimum Gasteiger partial charge on any atom is -0.316 e. The Hall–Kier alpha value is -1.17. The lowest BCUT2D eigenvalue weighted by atomic mass is 10.1. The quantitative estimate of drug-likeness (QED) is 0.664. The SMILES string of the molecule is O=C(CBr)Nc1sccc1C(=O)c1ccccc1Cl. The van der Waals surface area contributed by atoms with Crippen LogP contribution < -0.4 is 5.32 Å². The summed E-state index contributed by atoms with van der Waals surface area (Å²) in [5.41, 5.74) is 0.879. The zero-order chi connectivity index (χ0) is 13.8. The van der Waals surface area contributed by atoms with E-state index in [1.54, 1.807) is 35.7 Å². The Morgan fingerprint density at radius 2 is 1.95 bits per heavy atom. The van der Waals surface area contributed by atoms with Crippen LogP contribution in [0.4, 0.5) is 5.00 Å². The Morgan fingerprint density at radius 3 is 2.63 bits per heavy atom. The number of anilines is 1. The van der Waals surface area contributed by atoms with Crippen molar-refractivity contribution in [1.82, 2.24) is 0 Å². The minimum atomic E-state index is -0.198. The van der Waals surface area contributed by atoms with Crippen LogP contribution in [-0.4, -0.2) is 17.0 Å². The van der Waals surface area contributed by atoms with Crippen molar-refractivity contribution in [3.8, 4) is 0 Å². The third kappa shape index (κ3) is 3.23. The van der Waals surface area contributed by atoms with Crippen LogP contribution in [-0.2, 0) is 4.79 Å². The molecule has 1 N–H and O–H groups in total. The van der Waals surface area contributed by atoms with Gasteiger partial charge >= 0.3 is 0 Å². The highest BCUT2D eigenvalue weighted by molar-refractivity contribution is 9.09. The first kappa shape index (κ1) is 14.2. The van der Waals surface area contributed by atoms with Gasteiger partial charge in [0.15, 0.2) is 5.78 Å². The predicted molar refractivity (Wildman–Crippen MR) is 81.6 cm³/mol. The maximum atomic E-state index is 12.4. The number of alkyl halides is 1. The number of carbonyl (C=O) groups is 2. The van der Waals surface area contributed by atoms with Gasteiger partial charge in [-0.2, -0.15) is 0 Å². The van der Waals surface area contributed by atoms with Gasteiger partial charge in [-0.05, 0) is 23.6 Å². The molecule has 0 atom stereocenters. The maximum absolute atomic E-state index is 12.4. The molecule has 0 spiro atoms. The molecule has 1 heterocycles. The molecule has 3 nitrogen and oxygen atoms in total. The highest BCUT2D eigenvalue weighted by Crippen LogP contribution is 2.28. The molecule has 19 heavy (non-hydrogen) atoms. The van der Waals surface area contributed by atoms with Gasteiger partial charge in [-0.15, -0.1) is 11.3 Å². The van der Waals surface area contributed by atoms with E-state index in [-0.39, 0.29) is 17.0 Å². The molecule has 1 aromatic heterocycles. The van der Waals surface area contributed by atoms with Crippen LogP contribution in [0.15, 0.2) is 35.7 Å². The van der Waals surface area contributed by atoms with Crippen molar-refractivity contribution in [3.05, 3.63) is 51.9 Å². The summed E-state index contributed by atoms with van der Waals surface area (Å²) in [7, 11) is 0. The molecule has 0 saturated heterocycles. The lowest BCUT2D eigenvalue weighted by Gasteiger charge is -2.05. The number of nitrogens with one attached hydrogen (secondary N) is 1. The first-order chi connectivity index (χ1) is 9.13. The van der Waals surface area contributed by atoms with Crippen LogP contribution in [0.3, 0.4) is 0 Å². The van der Waals surface area contributed by atoms with Gasteiger partial charge in [0.2, 0.25) is 5.91 Å². The Bertz CT molecular complexity index is 627. The van der Waals surface area contributed by atoms with Crippen LogP contribution in [0.25, 0.3) is 0 Å². The van der Waals surface area contributed by atoms with Crippen molar-refractivity contribution < 1.29 is 9.59 Å². The lowest BCUT2D eigenvalue weighted by molar-refractivity contribution is -0.113. The topological polar surface area (TPSA) is 46.2 Å². The summed E-state index contributed by atoms with van der Waals surface area (Å²) in [5.74, 6) is -0.396. The van der Waals surface area contributed by atoms with Crippen LogP contribution in [0, 0.1) is 0 Å². The number of amides is 1. The second-order valence-electron chi connectivity index (χ2n) is 3.65. The van der Waals surface area contributed by atoms with Crippen LogP contribution in [0.2, 0.25) is 5.02 Å². The molecule has 0 bridgehead atoms. The van der Waals surface area contributed by atoms with Gasteiger partial charge in [-0.25, -0.2) is 0 Å². The van der Waals surface area contributed by atoms with Crippen molar-refractivity contribution in [2.45, 2.75) is 0 Å². The second-order valence-corrected chi connectivity index (χ2v) is 5.54. The number of benzene rings is 1. The van der Waals surface area contributed by atoms with E-state index in [9.17, 15) is 9.59 Å². The average molecular weight is 359 g/mol. The molecular weight excluding hydrogens is 350 g/mol. The number of thiophene rings is 1. The lowest BCUT2D eigenvalue weighted by Crippen LogP contribution is -2.14. The summed E-state index contributed by atoms with van der Waals surface area (Å²) in [6.45, 7) is 0. The van der Waals surface area contributed by atoms with E-state index in [1.807, 2.05) is 0 Å². The second kappa shape index (κ2) is 6.32. The summed E-state index contributed by atoms with van der Waals surface area (Å²) in [4.78, 5) is 23.7. The standard InChI is InChI=1S/C13H9BrClNO2S/c14-7-11(17)16-13-9(5-6-19-13)12(18)8-3-1-2-4-10(8)15/h1-6H,7H2,(H,16,17). The monoisotopic (exact) mass is 357 g/mol. The molecule has 1 amide bonds. The van der Waals surface area contributed by atoms with Crippen molar-refractivity contribution >= 4 is 55.6 Å². The molecule has 2 rings (SSSR count). The van der Waals surface area contributed by atoms with E-state index in [0.29, 0.717) is 21.2 Å². The predicted octanol–water partition coefficient (Wildman–Crippen LogP) is 3.97. The fourth-order valence-electron chi connectivity index (χ4n) is 1.54. The summed E-state index contributed by atoms with van der Waals surface area (Å²) in [6, 6.07) is 8.53. The third-order valence-electron chi connectivity index (χ3n) is 2.40. The summed E-state index contributed by atoms with van der Waals surface area (Å²) in [5, 5.41) is 5.56. The Morgan fingerprint density at radius 1 is 1.21 bits per heavy atom. The third-order valence-corrected chi connectivity index (χ3v) is 4.07. The smallest absolute Gasteiger partial charge is 0.235 e. The van der Waals surface area contributed by atoms with Crippen LogP contribution >= 0.6 is 38.9 Å². The molecule has 98 valence electrons. The van der Waals surface area contributed by atoms with Crippen LogP contribution in [0.5, 0.6) is 0 Å². The van der Waals surface area contributed by atoms with Gasteiger partial charge in [-0.3, -0.25) is 9.59 Å². The summed E-state index contributed by atoms with van der Waals surface area (Å²) < 4.78 is 0. The average Bonchev–Trinajstić information content (AvgIpc) is 2.86. The number of rotatable bonds is 4. The van der Waals surface area contributed by atoms with E-state index in [2.05, 4.69) is 21.2 Å². The van der Waals surface area contributed by atoms with E-state index < -0.39 is 0 Å². The first-order valence-corrected chi connectivity index (χ1v) is 7.74. The van der Waals surface area contributed by atoms with E-state index >= 15 is 0 Å². The molecule has 0 radical (unpaired) electrons. The molecule has 0 aliphatic rings. The van der Waals surface area contributed by atoms with Gasteiger partial charge in [-0.1, -0.05) is 39.7 Å². The van der Waals surface area contributed by atoms with Gasteiger partial charge in [0.1, 0.15) is 5.00 Å². The molecule has 1 aromatic carbocycles.